The Hall–Kier alpha value is -1.17. The average molecular weight is 261 g/mol. The van der Waals surface area contributed by atoms with Crippen LogP contribution >= 0.6 is 15.9 Å². The maximum Gasteiger partial charge on any atom is 0.357 e. The van der Waals surface area contributed by atoms with Crippen LogP contribution in [0.3, 0.4) is 0 Å². The van der Waals surface area contributed by atoms with E-state index in [4.69, 9.17) is 4.74 Å². The van der Waals surface area contributed by atoms with E-state index in [1.165, 1.54) is 4.68 Å². The molecule has 0 atom stereocenters. The summed E-state index contributed by atoms with van der Waals surface area (Å²) < 4.78 is 6.48. The van der Waals surface area contributed by atoms with Gasteiger partial charge in [-0.1, -0.05) is 0 Å². The van der Waals surface area contributed by atoms with Gasteiger partial charge >= 0.3 is 5.97 Å². The first-order valence-electron chi connectivity index (χ1n) is 3.96. The Morgan fingerprint density at radius 2 is 2.36 bits per heavy atom. The second kappa shape index (κ2) is 4.36. The molecule has 0 aromatic carbocycles. The predicted molar refractivity (Wildman–Crippen MR) is 52.3 cm³/mol. The molecule has 0 aliphatic rings. The van der Waals surface area contributed by atoms with Crippen LogP contribution < -0.4 is 0 Å². The topological polar surface area (TPSA) is 61.2 Å². The number of hydrogen-bond acceptors (Lipinski definition) is 4. The molecular weight excluding hydrogens is 252 g/mol. The van der Waals surface area contributed by atoms with Crippen LogP contribution in [-0.2, 0) is 11.8 Å². The van der Waals surface area contributed by atoms with Gasteiger partial charge in [0.25, 0.3) is 0 Å². The predicted octanol–water partition coefficient (Wildman–Crippen LogP) is 1.17. The molecule has 0 radical (unpaired) electrons. The van der Waals surface area contributed by atoms with Gasteiger partial charge in [-0.15, -0.1) is 0 Å². The third-order valence-electron chi connectivity index (χ3n) is 1.59. The number of esters is 1. The van der Waals surface area contributed by atoms with Crippen molar-refractivity contribution in [3.8, 4) is 0 Å². The van der Waals surface area contributed by atoms with Gasteiger partial charge in [-0.3, -0.25) is 9.48 Å². The standard InChI is InChI=1S/C8H9BrN2O3/c1-3-14-8(13)7-6(9)5(4-12)10-11(7)2/h4H,3H2,1-2H3. The monoisotopic (exact) mass is 260 g/mol. The number of carbonyl (C=O) groups excluding carboxylic acids is 2. The number of hydrogen-bond donors (Lipinski definition) is 0. The van der Waals surface area contributed by atoms with Crippen LogP contribution in [0.4, 0.5) is 0 Å². The summed E-state index contributed by atoms with van der Waals surface area (Å²) in [5.74, 6) is -0.498. The minimum atomic E-state index is -0.498. The van der Waals surface area contributed by atoms with Crippen LogP contribution in [0.15, 0.2) is 4.47 Å². The van der Waals surface area contributed by atoms with Gasteiger partial charge in [0.2, 0.25) is 0 Å². The van der Waals surface area contributed by atoms with Crippen molar-refractivity contribution in [1.82, 2.24) is 9.78 Å². The SMILES string of the molecule is CCOC(=O)c1c(Br)c(C=O)nn1C. The lowest BCUT2D eigenvalue weighted by atomic mass is 10.3. The highest BCUT2D eigenvalue weighted by molar-refractivity contribution is 9.10. The van der Waals surface area contributed by atoms with Crippen molar-refractivity contribution in [1.29, 1.82) is 0 Å². The first-order valence-corrected chi connectivity index (χ1v) is 4.75. The number of nitrogens with zero attached hydrogens (tertiary/aromatic N) is 2. The van der Waals surface area contributed by atoms with Gasteiger partial charge in [-0.05, 0) is 22.9 Å². The Balaban J connectivity index is 3.13. The molecule has 1 aromatic rings. The molecule has 0 saturated carbocycles. The molecule has 0 N–H and O–H groups in total. The van der Waals surface area contributed by atoms with E-state index in [1.807, 2.05) is 0 Å². The molecule has 1 aromatic heterocycles. The van der Waals surface area contributed by atoms with E-state index >= 15 is 0 Å². The Labute approximate surface area is 89.2 Å². The highest BCUT2D eigenvalue weighted by Crippen LogP contribution is 2.20. The summed E-state index contributed by atoms with van der Waals surface area (Å²) in [4.78, 5) is 21.9. The molecule has 0 amide bonds. The fraction of sp³-hybridized carbons (Fsp3) is 0.375. The molecule has 1 rings (SSSR count). The number of aromatic nitrogens is 2. The average Bonchev–Trinajstić information content (AvgIpc) is 2.41. The number of aryl methyl sites for hydroxylation is 1. The van der Waals surface area contributed by atoms with E-state index in [9.17, 15) is 9.59 Å². The molecule has 6 heteroatoms. The number of aldehydes is 1. The number of ether oxygens (including phenoxy) is 1. The quantitative estimate of drug-likeness (QED) is 0.605. The Morgan fingerprint density at radius 1 is 1.71 bits per heavy atom. The molecule has 0 bridgehead atoms. The first-order chi connectivity index (χ1) is 6.61. The summed E-state index contributed by atoms with van der Waals surface area (Å²) in [6.45, 7) is 2.00. The second-order valence-electron chi connectivity index (χ2n) is 2.51. The minimum Gasteiger partial charge on any atom is -0.461 e. The maximum atomic E-state index is 11.4. The third-order valence-corrected chi connectivity index (χ3v) is 2.38. The molecule has 76 valence electrons. The van der Waals surface area contributed by atoms with Crippen LogP contribution in [0.5, 0.6) is 0 Å². The van der Waals surface area contributed by atoms with E-state index in [-0.39, 0.29) is 18.0 Å². The fourth-order valence-electron chi connectivity index (χ4n) is 1.02. The Morgan fingerprint density at radius 3 is 2.79 bits per heavy atom. The molecule has 5 nitrogen and oxygen atoms in total. The van der Waals surface area contributed by atoms with Gasteiger partial charge in [0.1, 0.15) is 5.69 Å². The lowest BCUT2D eigenvalue weighted by Gasteiger charge is -2.01. The van der Waals surface area contributed by atoms with Gasteiger partial charge in [0.05, 0.1) is 11.1 Å². The molecule has 0 aliphatic heterocycles. The fourth-order valence-corrected chi connectivity index (χ4v) is 1.61. The first kappa shape index (κ1) is 10.9. The van der Waals surface area contributed by atoms with Crippen molar-refractivity contribution < 1.29 is 14.3 Å². The van der Waals surface area contributed by atoms with Crippen LogP contribution in [0, 0.1) is 0 Å². The van der Waals surface area contributed by atoms with Crippen molar-refractivity contribution in [3.05, 3.63) is 15.9 Å². The van der Waals surface area contributed by atoms with Crippen molar-refractivity contribution in [2.24, 2.45) is 7.05 Å². The summed E-state index contributed by atoms with van der Waals surface area (Å²) in [5.41, 5.74) is 0.435. The number of rotatable bonds is 3. The van der Waals surface area contributed by atoms with Crippen molar-refractivity contribution in [3.63, 3.8) is 0 Å². The number of carbonyl (C=O) groups is 2. The Kier molecular flexibility index (Phi) is 3.40. The van der Waals surface area contributed by atoms with Crippen LogP contribution in [0.25, 0.3) is 0 Å². The molecule has 0 aliphatic carbocycles. The number of halogens is 1. The van der Waals surface area contributed by atoms with E-state index < -0.39 is 5.97 Å². The zero-order valence-corrected chi connectivity index (χ0v) is 9.37. The van der Waals surface area contributed by atoms with Gasteiger partial charge < -0.3 is 4.74 Å². The molecule has 1 heterocycles. The summed E-state index contributed by atoms with van der Waals surface area (Å²) in [6, 6.07) is 0. The summed E-state index contributed by atoms with van der Waals surface area (Å²) in [5, 5.41) is 3.83. The van der Waals surface area contributed by atoms with E-state index in [2.05, 4.69) is 21.0 Å². The molecular formula is C8H9BrN2O3. The lowest BCUT2D eigenvalue weighted by molar-refractivity contribution is 0.0512. The smallest absolute Gasteiger partial charge is 0.357 e. The molecule has 14 heavy (non-hydrogen) atoms. The lowest BCUT2D eigenvalue weighted by Crippen LogP contribution is -2.10. The Bertz CT molecular complexity index is 373. The van der Waals surface area contributed by atoms with Gasteiger partial charge in [-0.2, -0.15) is 5.10 Å². The van der Waals surface area contributed by atoms with E-state index in [0.717, 1.165) is 0 Å². The van der Waals surface area contributed by atoms with Crippen molar-refractivity contribution in [2.75, 3.05) is 6.61 Å². The van der Waals surface area contributed by atoms with Crippen molar-refractivity contribution in [2.45, 2.75) is 6.92 Å². The van der Waals surface area contributed by atoms with Crippen molar-refractivity contribution >= 4 is 28.2 Å². The molecule has 0 saturated heterocycles. The largest absolute Gasteiger partial charge is 0.461 e. The highest BCUT2D eigenvalue weighted by atomic mass is 79.9. The summed E-state index contributed by atoms with van der Waals surface area (Å²) >= 11 is 3.12. The third kappa shape index (κ3) is 1.84. The van der Waals surface area contributed by atoms with Gasteiger partial charge in [-0.25, -0.2) is 4.79 Å². The summed E-state index contributed by atoms with van der Waals surface area (Å²) in [7, 11) is 1.57. The van der Waals surface area contributed by atoms with E-state index in [1.54, 1.807) is 14.0 Å². The van der Waals surface area contributed by atoms with Gasteiger partial charge in [0.15, 0.2) is 12.0 Å². The maximum absolute atomic E-state index is 11.4. The van der Waals surface area contributed by atoms with Crippen LogP contribution in [0.1, 0.15) is 27.9 Å². The zero-order valence-electron chi connectivity index (χ0n) is 7.78. The van der Waals surface area contributed by atoms with E-state index in [0.29, 0.717) is 10.8 Å². The minimum absolute atomic E-state index is 0.190. The summed E-state index contributed by atoms with van der Waals surface area (Å²) in [6.07, 6.45) is 0.576. The van der Waals surface area contributed by atoms with Crippen LogP contribution in [-0.4, -0.2) is 28.6 Å². The van der Waals surface area contributed by atoms with Gasteiger partial charge in [0, 0.05) is 7.05 Å². The molecule has 0 spiro atoms. The molecule has 0 unspecified atom stereocenters. The molecule has 0 fully saturated rings. The normalized spacial score (nSPS) is 9.93. The second-order valence-corrected chi connectivity index (χ2v) is 3.30. The zero-order chi connectivity index (χ0) is 10.7. The van der Waals surface area contributed by atoms with Crippen LogP contribution in [0.2, 0.25) is 0 Å². The highest BCUT2D eigenvalue weighted by Gasteiger charge is 2.20.